The van der Waals surface area contributed by atoms with Crippen molar-refractivity contribution >= 4 is 27.5 Å². The van der Waals surface area contributed by atoms with Crippen molar-refractivity contribution in [1.82, 2.24) is 5.32 Å². The average Bonchev–Trinajstić information content (AvgIpc) is 2.45. The van der Waals surface area contributed by atoms with Gasteiger partial charge in [-0.25, -0.2) is 0 Å². The van der Waals surface area contributed by atoms with Crippen molar-refractivity contribution in [2.75, 3.05) is 0 Å². The van der Waals surface area contributed by atoms with Crippen molar-refractivity contribution < 1.29 is 4.74 Å². The van der Waals surface area contributed by atoms with Crippen LogP contribution in [0.5, 0.6) is 5.75 Å². The standard InChI is InChI=1S/C17H19BrClNO/c1-12(2)20-10-15-16(19)4-3-5-17(15)21-11-13-6-8-14(18)9-7-13/h3-9,12,20H,10-11H2,1-2H3. The fourth-order valence-electron chi connectivity index (χ4n) is 1.89. The number of nitrogens with one attached hydrogen (secondary N) is 1. The summed E-state index contributed by atoms with van der Waals surface area (Å²) in [7, 11) is 0. The maximum Gasteiger partial charge on any atom is 0.125 e. The maximum absolute atomic E-state index is 6.29. The molecular weight excluding hydrogens is 350 g/mol. The first-order chi connectivity index (χ1) is 10.1. The van der Waals surface area contributed by atoms with E-state index in [-0.39, 0.29) is 0 Å². The number of hydrogen-bond acceptors (Lipinski definition) is 2. The summed E-state index contributed by atoms with van der Waals surface area (Å²) >= 11 is 9.72. The Kier molecular flexibility index (Phi) is 6.09. The summed E-state index contributed by atoms with van der Waals surface area (Å²) in [5.74, 6) is 0.832. The third-order valence-electron chi connectivity index (χ3n) is 3.07. The summed E-state index contributed by atoms with van der Waals surface area (Å²) in [5, 5.41) is 4.11. The molecule has 1 N–H and O–H groups in total. The first-order valence-corrected chi connectivity index (χ1v) is 8.11. The predicted molar refractivity (Wildman–Crippen MR) is 91.9 cm³/mol. The van der Waals surface area contributed by atoms with E-state index in [9.17, 15) is 0 Å². The molecule has 0 saturated carbocycles. The molecule has 0 fully saturated rings. The van der Waals surface area contributed by atoms with Crippen molar-refractivity contribution in [2.24, 2.45) is 0 Å². The molecule has 0 aliphatic heterocycles. The van der Waals surface area contributed by atoms with Crippen LogP contribution >= 0.6 is 27.5 Å². The van der Waals surface area contributed by atoms with Gasteiger partial charge in [-0.15, -0.1) is 0 Å². The van der Waals surface area contributed by atoms with Gasteiger partial charge < -0.3 is 10.1 Å². The van der Waals surface area contributed by atoms with E-state index in [1.807, 2.05) is 42.5 Å². The SMILES string of the molecule is CC(C)NCc1c(Cl)cccc1OCc1ccc(Br)cc1. The van der Waals surface area contributed by atoms with Crippen LogP contribution in [0, 0.1) is 0 Å². The molecule has 0 spiro atoms. The van der Waals surface area contributed by atoms with Gasteiger partial charge in [-0.05, 0) is 29.8 Å². The minimum absolute atomic E-state index is 0.403. The monoisotopic (exact) mass is 367 g/mol. The molecule has 0 radical (unpaired) electrons. The highest BCUT2D eigenvalue weighted by molar-refractivity contribution is 9.10. The first kappa shape index (κ1) is 16.3. The van der Waals surface area contributed by atoms with Crippen molar-refractivity contribution in [2.45, 2.75) is 33.0 Å². The summed E-state index contributed by atoms with van der Waals surface area (Å²) in [5.41, 5.74) is 2.13. The minimum Gasteiger partial charge on any atom is -0.489 e. The van der Waals surface area contributed by atoms with E-state index >= 15 is 0 Å². The largest absolute Gasteiger partial charge is 0.489 e. The summed E-state index contributed by atoms with van der Waals surface area (Å²) in [6.45, 7) is 5.45. The molecular formula is C17H19BrClNO. The van der Waals surface area contributed by atoms with Crippen LogP contribution in [0.1, 0.15) is 25.0 Å². The zero-order valence-corrected chi connectivity index (χ0v) is 14.5. The molecule has 0 aromatic heterocycles. The van der Waals surface area contributed by atoms with Crippen LogP contribution in [-0.4, -0.2) is 6.04 Å². The first-order valence-electron chi connectivity index (χ1n) is 6.94. The molecule has 0 aliphatic rings. The highest BCUT2D eigenvalue weighted by Crippen LogP contribution is 2.27. The molecule has 0 amide bonds. The Bertz CT molecular complexity index is 584. The van der Waals surface area contributed by atoms with Crippen LogP contribution in [0.25, 0.3) is 0 Å². The van der Waals surface area contributed by atoms with Gasteiger partial charge in [-0.2, -0.15) is 0 Å². The van der Waals surface area contributed by atoms with Crippen LogP contribution in [-0.2, 0) is 13.2 Å². The van der Waals surface area contributed by atoms with Gasteiger partial charge in [0.15, 0.2) is 0 Å². The molecule has 0 saturated heterocycles. The molecule has 21 heavy (non-hydrogen) atoms. The van der Waals surface area contributed by atoms with Gasteiger partial charge in [0.05, 0.1) is 0 Å². The lowest BCUT2D eigenvalue weighted by atomic mass is 10.2. The summed E-state index contributed by atoms with van der Waals surface area (Å²) in [6.07, 6.45) is 0. The van der Waals surface area contributed by atoms with Crippen LogP contribution in [0.4, 0.5) is 0 Å². The molecule has 2 aromatic rings. The average molecular weight is 369 g/mol. The second kappa shape index (κ2) is 7.83. The Morgan fingerprint density at radius 3 is 2.52 bits per heavy atom. The lowest BCUT2D eigenvalue weighted by molar-refractivity contribution is 0.302. The van der Waals surface area contributed by atoms with E-state index in [0.717, 1.165) is 26.4 Å². The highest BCUT2D eigenvalue weighted by atomic mass is 79.9. The van der Waals surface area contributed by atoms with E-state index in [1.54, 1.807) is 0 Å². The molecule has 0 aliphatic carbocycles. The third kappa shape index (κ3) is 5.03. The van der Waals surface area contributed by atoms with E-state index < -0.39 is 0 Å². The lowest BCUT2D eigenvalue weighted by Gasteiger charge is -2.15. The Balaban J connectivity index is 2.08. The molecule has 112 valence electrons. The van der Waals surface area contributed by atoms with Crippen molar-refractivity contribution in [3.05, 3.63) is 63.1 Å². The summed E-state index contributed by atoms with van der Waals surface area (Å²) in [4.78, 5) is 0. The second-order valence-corrected chi connectivity index (χ2v) is 6.49. The molecule has 2 aromatic carbocycles. The second-order valence-electron chi connectivity index (χ2n) is 5.17. The molecule has 0 bridgehead atoms. The zero-order valence-electron chi connectivity index (χ0n) is 12.2. The van der Waals surface area contributed by atoms with Gasteiger partial charge in [0.2, 0.25) is 0 Å². The predicted octanol–water partition coefficient (Wildman–Crippen LogP) is 5.18. The van der Waals surface area contributed by atoms with Crippen LogP contribution in [0.2, 0.25) is 5.02 Å². The number of rotatable bonds is 6. The zero-order chi connectivity index (χ0) is 15.2. The van der Waals surface area contributed by atoms with Crippen molar-refractivity contribution in [3.63, 3.8) is 0 Å². The molecule has 0 heterocycles. The van der Waals surface area contributed by atoms with E-state index in [4.69, 9.17) is 16.3 Å². The Hall–Kier alpha value is -1.03. The van der Waals surface area contributed by atoms with Crippen molar-refractivity contribution in [1.29, 1.82) is 0 Å². The highest BCUT2D eigenvalue weighted by Gasteiger charge is 2.09. The number of benzene rings is 2. The van der Waals surface area contributed by atoms with Crippen LogP contribution in [0.3, 0.4) is 0 Å². The van der Waals surface area contributed by atoms with Gasteiger partial charge in [-0.1, -0.05) is 59.6 Å². The number of halogens is 2. The molecule has 0 atom stereocenters. The maximum atomic E-state index is 6.29. The van der Waals surface area contributed by atoms with Gasteiger partial charge in [-0.3, -0.25) is 0 Å². The van der Waals surface area contributed by atoms with Gasteiger partial charge in [0.1, 0.15) is 12.4 Å². The third-order valence-corrected chi connectivity index (χ3v) is 3.95. The van der Waals surface area contributed by atoms with Gasteiger partial charge in [0.25, 0.3) is 0 Å². The molecule has 0 unspecified atom stereocenters. The number of ether oxygens (including phenoxy) is 1. The fourth-order valence-corrected chi connectivity index (χ4v) is 2.39. The van der Waals surface area contributed by atoms with Crippen LogP contribution in [0.15, 0.2) is 46.9 Å². The smallest absolute Gasteiger partial charge is 0.125 e. The Morgan fingerprint density at radius 1 is 1.14 bits per heavy atom. The van der Waals surface area contributed by atoms with E-state index in [2.05, 4.69) is 35.1 Å². The van der Waals surface area contributed by atoms with E-state index in [0.29, 0.717) is 19.2 Å². The Morgan fingerprint density at radius 2 is 1.86 bits per heavy atom. The summed E-state index contributed by atoms with van der Waals surface area (Å²) < 4.78 is 7.00. The van der Waals surface area contributed by atoms with Gasteiger partial charge >= 0.3 is 0 Å². The van der Waals surface area contributed by atoms with Crippen molar-refractivity contribution in [3.8, 4) is 5.75 Å². The molecule has 2 rings (SSSR count). The fraction of sp³-hybridized carbons (Fsp3) is 0.294. The quantitative estimate of drug-likeness (QED) is 0.758. The van der Waals surface area contributed by atoms with Gasteiger partial charge in [0, 0.05) is 27.6 Å². The van der Waals surface area contributed by atoms with E-state index in [1.165, 1.54) is 0 Å². The number of hydrogen-bond donors (Lipinski definition) is 1. The lowest BCUT2D eigenvalue weighted by Crippen LogP contribution is -2.22. The summed E-state index contributed by atoms with van der Waals surface area (Å²) in [6, 6.07) is 14.3. The van der Waals surface area contributed by atoms with Crippen LogP contribution < -0.4 is 10.1 Å². The molecule has 4 heteroatoms. The minimum atomic E-state index is 0.403. The normalized spacial score (nSPS) is 10.9. The molecule has 2 nitrogen and oxygen atoms in total. The topological polar surface area (TPSA) is 21.3 Å². The Labute approximate surface area is 139 Å².